The van der Waals surface area contributed by atoms with Crippen molar-refractivity contribution in [1.82, 2.24) is 0 Å². The van der Waals surface area contributed by atoms with E-state index in [0.717, 1.165) is 0 Å². The van der Waals surface area contributed by atoms with Crippen molar-refractivity contribution < 1.29 is 19.8 Å². The zero-order chi connectivity index (χ0) is 19.1. The molecule has 0 fully saturated rings. The number of allylic oxidation sites excluding steroid dienone is 1. The molecule has 0 aliphatic heterocycles. The highest BCUT2D eigenvalue weighted by molar-refractivity contribution is 6.27. The van der Waals surface area contributed by atoms with Crippen LogP contribution in [0.15, 0.2) is 73.3 Å². The third kappa shape index (κ3) is 2.54. The molecule has 1 aliphatic carbocycles. The van der Waals surface area contributed by atoms with Gasteiger partial charge in [-0.15, -0.1) is 0 Å². The van der Waals surface area contributed by atoms with Crippen LogP contribution in [0.4, 0.5) is 0 Å². The number of hydrogen-bond donors (Lipinski definition) is 2. The van der Waals surface area contributed by atoms with E-state index in [1.54, 1.807) is 36.4 Å². The van der Waals surface area contributed by atoms with Crippen molar-refractivity contribution in [3.05, 3.63) is 101 Å². The molecule has 132 valence electrons. The Hall–Kier alpha value is -3.66. The maximum atomic E-state index is 13.4. The second-order valence-corrected chi connectivity index (χ2v) is 6.45. The number of phenols is 2. The summed E-state index contributed by atoms with van der Waals surface area (Å²) in [5, 5.41) is 20.5. The van der Waals surface area contributed by atoms with Gasteiger partial charge in [0.1, 0.15) is 11.5 Å². The lowest BCUT2D eigenvalue weighted by atomic mass is 9.73. The molecule has 0 spiro atoms. The topological polar surface area (TPSA) is 74.6 Å². The minimum atomic E-state index is -0.834. The fourth-order valence-corrected chi connectivity index (χ4v) is 3.62. The molecule has 27 heavy (non-hydrogen) atoms. The Morgan fingerprint density at radius 3 is 1.81 bits per heavy atom. The summed E-state index contributed by atoms with van der Waals surface area (Å²) in [5.41, 5.74) is 1.91. The third-order valence-electron chi connectivity index (χ3n) is 4.91. The van der Waals surface area contributed by atoms with Crippen LogP contribution in [-0.4, -0.2) is 21.8 Å². The standard InChI is InChI=1S/C23H16O4/c1-13(14-7-3-2-4-8-14)22(26)19-15-9-5-11-17(24)20(15)23(27)21-16(19)10-6-12-18(21)25/h2-12,19,24-25H,1H2. The monoisotopic (exact) mass is 356 g/mol. The van der Waals surface area contributed by atoms with Gasteiger partial charge in [0.15, 0.2) is 5.78 Å². The molecule has 0 radical (unpaired) electrons. The molecule has 4 rings (SSSR count). The van der Waals surface area contributed by atoms with E-state index in [2.05, 4.69) is 6.58 Å². The largest absolute Gasteiger partial charge is 0.507 e. The van der Waals surface area contributed by atoms with Gasteiger partial charge in [-0.3, -0.25) is 9.59 Å². The Bertz CT molecular complexity index is 1040. The fraction of sp³-hybridized carbons (Fsp3) is 0.0435. The van der Waals surface area contributed by atoms with Gasteiger partial charge in [-0.05, 0) is 28.8 Å². The van der Waals surface area contributed by atoms with E-state index in [4.69, 9.17) is 0 Å². The van der Waals surface area contributed by atoms with Gasteiger partial charge in [0.05, 0.1) is 17.0 Å². The van der Waals surface area contributed by atoms with E-state index in [0.29, 0.717) is 22.3 Å². The lowest BCUT2D eigenvalue weighted by molar-refractivity contribution is -0.114. The fourth-order valence-electron chi connectivity index (χ4n) is 3.62. The maximum absolute atomic E-state index is 13.4. The van der Waals surface area contributed by atoms with Crippen LogP contribution in [0.3, 0.4) is 0 Å². The summed E-state index contributed by atoms with van der Waals surface area (Å²) in [6.07, 6.45) is 0. The van der Waals surface area contributed by atoms with Gasteiger partial charge >= 0.3 is 0 Å². The van der Waals surface area contributed by atoms with Crippen molar-refractivity contribution in [3.63, 3.8) is 0 Å². The Labute approximate surface area is 156 Å². The molecule has 0 bridgehead atoms. The Balaban J connectivity index is 1.94. The first-order valence-corrected chi connectivity index (χ1v) is 8.47. The van der Waals surface area contributed by atoms with E-state index in [1.165, 1.54) is 12.1 Å². The minimum absolute atomic E-state index is 0.0470. The van der Waals surface area contributed by atoms with Crippen LogP contribution in [0.25, 0.3) is 5.57 Å². The number of fused-ring (bicyclic) bond motifs is 2. The highest BCUT2D eigenvalue weighted by Crippen LogP contribution is 2.44. The number of rotatable bonds is 3. The number of hydrogen-bond acceptors (Lipinski definition) is 4. The second-order valence-electron chi connectivity index (χ2n) is 6.45. The first-order chi connectivity index (χ1) is 13.0. The average Bonchev–Trinajstić information content (AvgIpc) is 2.68. The predicted octanol–water partition coefficient (Wildman–Crippen LogP) is 4.06. The Morgan fingerprint density at radius 2 is 1.30 bits per heavy atom. The molecular weight excluding hydrogens is 340 g/mol. The number of carbonyl (C=O) groups is 2. The van der Waals surface area contributed by atoms with Crippen molar-refractivity contribution in [2.45, 2.75) is 5.92 Å². The van der Waals surface area contributed by atoms with Crippen molar-refractivity contribution in [1.29, 1.82) is 0 Å². The molecule has 1 aliphatic rings. The molecule has 2 N–H and O–H groups in total. The number of aromatic hydroxyl groups is 2. The molecular formula is C23H16O4. The normalized spacial score (nSPS) is 13.0. The summed E-state index contributed by atoms with van der Waals surface area (Å²) in [5.74, 6) is -2.04. The highest BCUT2D eigenvalue weighted by atomic mass is 16.3. The average molecular weight is 356 g/mol. The van der Waals surface area contributed by atoms with Crippen LogP contribution in [0.2, 0.25) is 0 Å². The van der Waals surface area contributed by atoms with Crippen LogP contribution in [0.1, 0.15) is 38.5 Å². The van der Waals surface area contributed by atoms with E-state index >= 15 is 0 Å². The quantitative estimate of drug-likeness (QED) is 0.694. The number of benzene rings is 3. The number of carbonyl (C=O) groups excluding carboxylic acids is 2. The lowest BCUT2D eigenvalue weighted by Crippen LogP contribution is -2.25. The molecule has 0 saturated heterocycles. The summed E-state index contributed by atoms with van der Waals surface area (Å²) in [6.45, 7) is 3.95. The number of Topliss-reactive ketones (excluding diaryl/α,β-unsaturated/α-hetero) is 1. The predicted molar refractivity (Wildman–Crippen MR) is 102 cm³/mol. The Kier molecular flexibility index (Phi) is 3.89. The molecule has 4 heteroatoms. The summed E-state index contributed by atoms with van der Waals surface area (Å²) >= 11 is 0. The SMILES string of the molecule is C=C(C(=O)C1c2cccc(O)c2C(=O)c2c(O)cccc21)c1ccccc1. The van der Waals surface area contributed by atoms with E-state index in [9.17, 15) is 19.8 Å². The second kappa shape index (κ2) is 6.25. The van der Waals surface area contributed by atoms with Gasteiger partial charge in [-0.2, -0.15) is 0 Å². The van der Waals surface area contributed by atoms with Gasteiger partial charge < -0.3 is 10.2 Å². The minimum Gasteiger partial charge on any atom is -0.507 e. The van der Waals surface area contributed by atoms with Crippen LogP contribution in [-0.2, 0) is 4.79 Å². The van der Waals surface area contributed by atoms with Crippen molar-refractivity contribution in [2.24, 2.45) is 0 Å². The molecule has 0 amide bonds. The number of ketones is 2. The van der Waals surface area contributed by atoms with Gasteiger partial charge in [0.25, 0.3) is 0 Å². The van der Waals surface area contributed by atoms with Gasteiger partial charge in [0.2, 0.25) is 5.78 Å². The zero-order valence-corrected chi connectivity index (χ0v) is 14.3. The third-order valence-corrected chi connectivity index (χ3v) is 4.91. The molecule has 0 aromatic heterocycles. The summed E-state index contributed by atoms with van der Waals surface area (Å²) in [4.78, 5) is 26.3. The summed E-state index contributed by atoms with van der Waals surface area (Å²) in [6, 6.07) is 18.4. The zero-order valence-electron chi connectivity index (χ0n) is 14.3. The van der Waals surface area contributed by atoms with E-state index in [1.807, 2.05) is 18.2 Å². The summed E-state index contributed by atoms with van der Waals surface area (Å²) < 4.78 is 0. The van der Waals surface area contributed by atoms with Gasteiger partial charge in [0, 0.05) is 5.57 Å². The molecule has 4 nitrogen and oxygen atoms in total. The van der Waals surface area contributed by atoms with Crippen LogP contribution in [0, 0.1) is 0 Å². The number of phenolic OH excluding ortho intramolecular Hbond substituents is 2. The summed E-state index contributed by atoms with van der Waals surface area (Å²) in [7, 11) is 0. The first kappa shape index (κ1) is 16.8. The van der Waals surface area contributed by atoms with Crippen molar-refractivity contribution in [2.75, 3.05) is 0 Å². The van der Waals surface area contributed by atoms with Crippen LogP contribution in [0.5, 0.6) is 11.5 Å². The van der Waals surface area contributed by atoms with E-state index < -0.39 is 11.7 Å². The van der Waals surface area contributed by atoms with Crippen molar-refractivity contribution >= 4 is 17.1 Å². The Morgan fingerprint density at radius 1 is 0.778 bits per heavy atom. The van der Waals surface area contributed by atoms with E-state index in [-0.39, 0.29) is 28.4 Å². The highest BCUT2D eigenvalue weighted by Gasteiger charge is 2.39. The molecule has 0 unspecified atom stereocenters. The smallest absolute Gasteiger partial charge is 0.201 e. The maximum Gasteiger partial charge on any atom is 0.201 e. The molecule has 0 heterocycles. The molecule has 0 saturated carbocycles. The first-order valence-electron chi connectivity index (χ1n) is 8.47. The van der Waals surface area contributed by atoms with Crippen molar-refractivity contribution in [3.8, 4) is 11.5 Å². The van der Waals surface area contributed by atoms with Gasteiger partial charge in [-0.25, -0.2) is 0 Å². The molecule has 0 atom stereocenters. The lowest BCUT2D eigenvalue weighted by Gasteiger charge is -2.28. The van der Waals surface area contributed by atoms with Gasteiger partial charge in [-0.1, -0.05) is 61.2 Å². The molecule has 3 aromatic carbocycles. The molecule has 3 aromatic rings. The van der Waals surface area contributed by atoms with Crippen LogP contribution >= 0.6 is 0 Å². The van der Waals surface area contributed by atoms with Crippen LogP contribution < -0.4 is 0 Å².